The molecule has 116 valence electrons. The number of nitrogens with one attached hydrogen (secondary N) is 1. The Bertz CT molecular complexity index is 390. The highest BCUT2D eigenvalue weighted by molar-refractivity contribution is 7.15. The molecule has 4 nitrogen and oxygen atoms in total. The summed E-state index contributed by atoms with van der Waals surface area (Å²) in [5.41, 5.74) is 1.23. The molecule has 1 rings (SSSR count). The lowest BCUT2D eigenvalue weighted by atomic mass is 10.1. The number of aromatic nitrogens is 1. The van der Waals surface area contributed by atoms with Gasteiger partial charge in [0, 0.05) is 31.6 Å². The Balaban J connectivity index is 2.96. The number of hydrogen-bond acceptors (Lipinski definition) is 5. The van der Waals surface area contributed by atoms with Gasteiger partial charge in [-0.05, 0) is 18.9 Å². The molecule has 0 fully saturated rings. The average molecular weight is 299 g/mol. The molecule has 0 unspecified atom stereocenters. The van der Waals surface area contributed by atoms with Crippen molar-refractivity contribution in [2.45, 2.75) is 40.2 Å². The van der Waals surface area contributed by atoms with E-state index in [2.05, 4.69) is 37.9 Å². The number of thiazole rings is 1. The van der Waals surface area contributed by atoms with Gasteiger partial charge in [-0.25, -0.2) is 4.98 Å². The summed E-state index contributed by atoms with van der Waals surface area (Å²) in [4.78, 5) is 8.59. The minimum Gasteiger partial charge on any atom is -0.383 e. The first kappa shape index (κ1) is 17.4. The highest BCUT2D eigenvalue weighted by atomic mass is 32.1. The highest BCUT2D eigenvalue weighted by Crippen LogP contribution is 2.31. The molecule has 0 radical (unpaired) electrons. The lowest BCUT2D eigenvalue weighted by Gasteiger charge is -2.23. The van der Waals surface area contributed by atoms with E-state index in [0.717, 1.165) is 31.4 Å². The number of ether oxygens (including phenoxy) is 1. The van der Waals surface area contributed by atoms with Crippen molar-refractivity contribution in [3.05, 3.63) is 10.6 Å². The molecule has 1 N–H and O–H groups in total. The van der Waals surface area contributed by atoms with Crippen LogP contribution in [0.25, 0.3) is 0 Å². The molecule has 0 aliphatic rings. The standard InChI is InChI=1S/C15H29N3OS/c1-11(2)10-18(7-8-19-6)15-17-14(12(3)4)13(20-15)9-16-5/h11-12,16H,7-10H2,1-6H3. The van der Waals surface area contributed by atoms with Gasteiger partial charge in [0.15, 0.2) is 5.13 Å². The minimum atomic E-state index is 0.465. The van der Waals surface area contributed by atoms with Crippen LogP contribution in [0.2, 0.25) is 0 Å². The normalized spacial score (nSPS) is 11.6. The van der Waals surface area contributed by atoms with Gasteiger partial charge >= 0.3 is 0 Å². The molecular weight excluding hydrogens is 270 g/mol. The third kappa shape index (κ3) is 5.04. The van der Waals surface area contributed by atoms with Crippen molar-refractivity contribution in [3.63, 3.8) is 0 Å². The molecule has 0 atom stereocenters. The van der Waals surface area contributed by atoms with E-state index < -0.39 is 0 Å². The predicted octanol–water partition coefficient (Wildman–Crippen LogP) is 3.09. The Hall–Kier alpha value is -0.650. The summed E-state index contributed by atoms with van der Waals surface area (Å²) in [7, 11) is 3.74. The average Bonchev–Trinajstić information content (AvgIpc) is 2.78. The summed E-state index contributed by atoms with van der Waals surface area (Å²) in [6, 6.07) is 0. The predicted molar refractivity (Wildman–Crippen MR) is 87.9 cm³/mol. The first-order valence-electron chi connectivity index (χ1n) is 7.37. The maximum absolute atomic E-state index is 5.23. The van der Waals surface area contributed by atoms with E-state index in [0.29, 0.717) is 11.8 Å². The number of methoxy groups -OCH3 is 1. The van der Waals surface area contributed by atoms with Crippen molar-refractivity contribution >= 4 is 16.5 Å². The fraction of sp³-hybridized carbons (Fsp3) is 0.800. The second-order valence-electron chi connectivity index (χ2n) is 5.82. The van der Waals surface area contributed by atoms with Crippen molar-refractivity contribution in [2.75, 3.05) is 38.8 Å². The van der Waals surface area contributed by atoms with Gasteiger partial charge in [0.2, 0.25) is 0 Å². The molecule has 5 heteroatoms. The van der Waals surface area contributed by atoms with Crippen LogP contribution in [0.1, 0.15) is 44.2 Å². The van der Waals surface area contributed by atoms with Gasteiger partial charge in [-0.2, -0.15) is 0 Å². The van der Waals surface area contributed by atoms with Crippen LogP contribution in [-0.2, 0) is 11.3 Å². The zero-order chi connectivity index (χ0) is 15.1. The van der Waals surface area contributed by atoms with E-state index >= 15 is 0 Å². The molecule has 0 aromatic carbocycles. The van der Waals surface area contributed by atoms with Gasteiger partial charge in [0.05, 0.1) is 12.3 Å². The zero-order valence-electron chi connectivity index (χ0n) is 13.7. The quantitative estimate of drug-likeness (QED) is 0.760. The molecule has 0 saturated carbocycles. The van der Waals surface area contributed by atoms with Crippen LogP contribution in [0, 0.1) is 5.92 Å². The second kappa shape index (κ2) is 8.60. The molecule has 1 aromatic heterocycles. The molecule has 0 aliphatic heterocycles. The van der Waals surface area contributed by atoms with Crippen molar-refractivity contribution in [2.24, 2.45) is 5.92 Å². The maximum atomic E-state index is 5.23. The van der Waals surface area contributed by atoms with E-state index in [1.165, 1.54) is 10.6 Å². The summed E-state index contributed by atoms with van der Waals surface area (Å²) in [5, 5.41) is 4.37. The van der Waals surface area contributed by atoms with E-state index in [1.54, 1.807) is 7.11 Å². The monoisotopic (exact) mass is 299 g/mol. The minimum absolute atomic E-state index is 0.465. The summed E-state index contributed by atoms with van der Waals surface area (Å²) in [5.74, 6) is 1.08. The molecule has 0 bridgehead atoms. The summed E-state index contributed by atoms with van der Waals surface area (Å²) >= 11 is 1.81. The molecular formula is C15H29N3OS. The van der Waals surface area contributed by atoms with Gasteiger partial charge in [-0.15, -0.1) is 11.3 Å². The maximum Gasteiger partial charge on any atom is 0.185 e. The third-order valence-corrected chi connectivity index (χ3v) is 4.15. The lowest BCUT2D eigenvalue weighted by Crippen LogP contribution is -2.30. The van der Waals surface area contributed by atoms with Crippen LogP contribution < -0.4 is 10.2 Å². The van der Waals surface area contributed by atoms with Crippen molar-refractivity contribution in [1.82, 2.24) is 10.3 Å². The van der Waals surface area contributed by atoms with Crippen LogP contribution in [-0.4, -0.2) is 38.8 Å². The Kier molecular flexibility index (Phi) is 7.48. The highest BCUT2D eigenvalue weighted by Gasteiger charge is 2.18. The van der Waals surface area contributed by atoms with Gasteiger partial charge in [0.25, 0.3) is 0 Å². The zero-order valence-corrected chi connectivity index (χ0v) is 14.5. The van der Waals surface area contributed by atoms with E-state index in [-0.39, 0.29) is 0 Å². The third-order valence-electron chi connectivity index (χ3n) is 3.02. The van der Waals surface area contributed by atoms with Crippen LogP contribution >= 0.6 is 11.3 Å². The molecule has 0 amide bonds. The van der Waals surface area contributed by atoms with Crippen LogP contribution in [0.4, 0.5) is 5.13 Å². The SMILES string of the molecule is CNCc1sc(N(CCOC)CC(C)C)nc1C(C)C. The first-order valence-corrected chi connectivity index (χ1v) is 8.19. The molecule has 0 spiro atoms. The number of rotatable bonds is 9. The van der Waals surface area contributed by atoms with Crippen molar-refractivity contribution in [3.8, 4) is 0 Å². The topological polar surface area (TPSA) is 37.4 Å². The Labute approximate surface area is 127 Å². The van der Waals surface area contributed by atoms with Crippen LogP contribution in [0.3, 0.4) is 0 Å². The summed E-state index contributed by atoms with van der Waals surface area (Å²) in [6.45, 7) is 12.5. The molecule has 0 aliphatic carbocycles. The fourth-order valence-electron chi connectivity index (χ4n) is 2.13. The van der Waals surface area contributed by atoms with E-state index in [4.69, 9.17) is 9.72 Å². The molecule has 1 aromatic rings. The van der Waals surface area contributed by atoms with Gasteiger partial charge in [-0.1, -0.05) is 27.7 Å². The van der Waals surface area contributed by atoms with Gasteiger partial charge in [-0.3, -0.25) is 0 Å². The molecule has 0 saturated heterocycles. The lowest BCUT2D eigenvalue weighted by molar-refractivity contribution is 0.204. The first-order chi connectivity index (χ1) is 9.49. The van der Waals surface area contributed by atoms with Crippen LogP contribution in [0.5, 0.6) is 0 Å². The molecule has 1 heterocycles. The smallest absolute Gasteiger partial charge is 0.185 e. The summed E-state index contributed by atoms with van der Waals surface area (Å²) < 4.78 is 5.23. The Morgan fingerprint density at radius 2 is 2.00 bits per heavy atom. The van der Waals surface area contributed by atoms with E-state index in [1.807, 2.05) is 18.4 Å². The van der Waals surface area contributed by atoms with Gasteiger partial charge in [0.1, 0.15) is 0 Å². The molecule has 20 heavy (non-hydrogen) atoms. The summed E-state index contributed by atoms with van der Waals surface area (Å²) in [6.07, 6.45) is 0. The van der Waals surface area contributed by atoms with Gasteiger partial charge < -0.3 is 15.0 Å². The Morgan fingerprint density at radius 3 is 2.50 bits per heavy atom. The second-order valence-corrected chi connectivity index (χ2v) is 6.88. The van der Waals surface area contributed by atoms with Crippen molar-refractivity contribution in [1.29, 1.82) is 0 Å². The number of hydrogen-bond donors (Lipinski definition) is 1. The Morgan fingerprint density at radius 1 is 1.30 bits per heavy atom. The number of nitrogens with zero attached hydrogens (tertiary/aromatic N) is 2. The number of anilines is 1. The largest absolute Gasteiger partial charge is 0.383 e. The van der Waals surface area contributed by atoms with Crippen LogP contribution in [0.15, 0.2) is 0 Å². The fourth-order valence-corrected chi connectivity index (χ4v) is 3.39. The van der Waals surface area contributed by atoms with Crippen molar-refractivity contribution < 1.29 is 4.74 Å². The van der Waals surface area contributed by atoms with E-state index in [9.17, 15) is 0 Å².